The third-order valence-corrected chi connectivity index (χ3v) is 1.42. The van der Waals surface area contributed by atoms with Crippen molar-refractivity contribution in [2.45, 2.75) is 6.10 Å². The molecule has 0 bridgehead atoms. The van der Waals surface area contributed by atoms with Crippen LogP contribution in [0.15, 0.2) is 24.4 Å². The van der Waals surface area contributed by atoms with Crippen LogP contribution >= 0.6 is 0 Å². The Kier molecular flexibility index (Phi) is 3.48. The lowest BCUT2D eigenvalue weighted by Crippen LogP contribution is -2.31. The van der Waals surface area contributed by atoms with E-state index in [1.54, 1.807) is 12.1 Å². The Morgan fingerprint density at radius 1 is 1.54 bits per heavy atom. The Hall–Kier alpha value is -1.33. The van der Waals surface area contributed by atoms with Crippen molar-refractivity contribution in [2.24, 2.45) is 0 Å². The second-order valence-electron chi connectivity index (χ2n) is 2.51. The van der Waals surface area contributed by atoms with Gasteiger partial charge in [0.2, 0.25) is 0 Å². The molecule has 5 nitrogen and oxygen atoms in total. The number of aromatic nitrogens is 1. The van der Waals surface area contributed by atoms with E-state index in [9.17, 15) is 5.21 Å². The van der Waals surface area contributed by atoms with Crippen LogP contribution in [0.5, 0.6) is 5.88 Å². The molecule has 1 aromatic heterocycles. The van der Waals surface area contributed by atoms with Crippen LogP contribution in [-0.4, -0.2) is 29.5 Å². The molecule has 13 heavy (non-hydrogen) atoms. The molecular formula is C8H11NO4. The van der Waals surface area contributed by atoms with Crippen molar-refractivity contribution in [2.75, 3.05) is 13.2 Å². The van der Waals surface area contributed by atoms with Crippen LogP contribution in [-0.2, 0) is 0 Å². The van der Waals surface area contributed by atoms with Gasteiger partial charge in [0, 0.05) is 6.07 Å². The molecule has 1 aromatic rings. The zero-order valence-electron chi connectivity index (χ0n) is 6.96. The van der Waals surface area contributed by atoms with E-state index in [-0.39, 0.29) is 19.1 Å². The van der Waals surface area contributed by atoms with Crippen molar-refractivity contribution in [1.82, 2.24) is 0 Å². The minimum atomic E-state index is -0.958. The number of hydrogen-bond acceptors (Lipinski definition) is 4. The van der Waals surface area contributed by atoms with E-state index in [0.717, 1.165) is 0 Å². The SMILES string of the molecule is [O-][n+]1ccccc1OCC(O)CO. The fourth-order valence-electron chi connectivity index (χ4n) is 0.759. The number of pyridine rings is 1. The van der Waals surface area contributed by atoms with Crippen LogP contribution in [0.2, 0.25) is 0 Å². The van der Waals surface area contributed by atoms with Gasteiger partial charge >= 0.3 is 5.88 Å². The molecule has 0 spiro atoms. The maximum absolute atomic E-state index is 11.0. The predicted molar refractivity (Wildman–Crippen MR) is 44.0 cm³/mol. The number of rotatable bonds is 4. The molecule has 0 amide bonds. The van der Waals surface area contributed by atoms with Gasteiger partial charge in [0.15, 0.2) is 6.20 Å². The second-order valence-corrected chi connectivity index (χ2v) is 2.51. The molecule has 1 heterocycles. The monoisotopic (exact) mass is 185 g/mol. The number of ether oxygens (including phenoxy) is 1. The number of nitrogens with zero attached hydrogens (tertiary/aromatic N) is 1. The molecule has 0 aliphatic heterocycles. The summed E-state index contributed by atoms with van der Waals surface area (Å²) < 4.78 is 5.48. The maximum Gasteiger partial charge on any atom is 0.379 e. The molecule has 0 aliphatic carbocycles. The highest BCUT2D eigenvalue weighted by Gasteiger charge is 2.07. The van der Waals surface area contributed by atoms with E-state index in [2.05, 4.69) is 0 Å². The van der Waals surface area contributed by atoms with E-state index < -0.39 is 6.10 Å². The summed E-state index contributed by atoms with van der Waals surface area (Å²) in [4.78, 5) is 0. The predicted octanol–water partition coefficient (Wildman–Crippen LogP) is -0.948. The molecule has 1 rings (SSSR count). The van der Waals surface area contributed by atoms with Gasteiger partial charge in [0.1, 0.15) is 12.7 Å². The number of hydrogen-bond donors (Lipinski definition) is 2. The van der Waals surface area contributed by atoms with E-state index in [4.69, 9.17) is 14.9 Å². The van der Waals surface area contributed by atoms with Crippen LogP contribution in [0, 0.1) is 5.21 Å². The van der Waals surface area contributed by atoms with Crippen LogP contribution in [0.3, 0.4) is 0 Å². The topological polar surface area (TPSA) is 76.6 Å². The first-order valence-electron chi connectivity index (χ1n) is 3.84. The fraction of sp³-hybridized carbons (Fsp3) is 0.375. The Bertz CT molecular complexity index is 266. The molecule has 1 unspecified atom stereocenters. The molecule has 0 saturated carbocycles. The van der Waals surface area contributed by atoms with Gasteiger partial charge in [-0.25, -0.2) is 0 Å². The van der Waals surface area contributed by atoms with Crippen molar-refractivity contribution in [3.63, 3.8) is 0 Å². The van der Waals surface area contributed by atoms with Gasteiger partial charge in [0.25, 0.3) is 0 Å². The molecule has 72 valence electrons. The van der Waals surface area contributed by atoms with Gasteiger partial charge in [-0.05, 0) is 6.07 Å². The zero-order chi connectivity index (χ0) is 9.68. The largest absolute Gasteiger partial charge is 0.616 e. The van der Waals surface area contributed by atoms with Crippen molar-refractivity contribution in [1.29, 1.82) is 0 Å². The molecule has 0 radical (unpaired) electrons. The van der Waals surface area contributed by atoms with Gasteiger partial charge in [-0.1, -0.05) is 0 Å². The van der Waals surface area contributed by atoms with Crippen LogP contribution in [0.4, 0.5) is 0 Å². The van der Waals surface area contributed by atoms with E-state index >= 15 is 0 Å². The summed E-state index contributed by atoms with van der Waals surface area (Å²) in [7, 11) is 0. The van der Waals surface area contributed by atoms with E-state index in [0.29, 0.717) is 4.73 Å². The van der Waals surface area contributed by atoms with Crippen LogP contribution in [0.1, 0.15) is 0 Å². The summed E-state index contributed by atoms with van der Waals surface area (Å²) in [5.41, 5.74) is 0. The lowest BCUT2D eigenvalue weighted by atomic mass is 10.4. The molecule has 0 saturated heterocycles. The minimum absolute atomic E-state index is 0.0945. The first-order chi connectivity index (χ1) is 6.24. The zero-order valence-corrected chi connectivity index (χ0v) is 6.96. The average Bonchev–Trinajstić information content (AvgIpc) is 2.16. The third-order valence-electron chi connectivity index (χ3n) is 1.42. The van der Waals surface area contributed by atoms with E-state index in [1.165, 1.54) is 12.3 Å². The summed E-state index contributed by atoms with van der Waals surface area (Å²) in [5, 5.41) is 28.4. The first kappa shape index (κ1) is 9.76. The van der Waals surface area contributed by atoms with Gasteiger partial charge in [0.05, 0.1) is 12.7 Å². The molecule has 5 heteroatoms. The highest BCUT2D eigenvalue weighted by atomic mass is 16.6. The Morgan fingerprint density at radius 3 is 2.92 bits per heavy atom. The van der Waals surface area contributed by atoms with Gasteiger partial charge in [-0.15, -0.1) is 4.73 Å². The maximum atomic E-state index is 11.0. The minimum Gasteiger partial charge on any atom is -0.616 e. The molecule has 1 atom stereocenters. The molecule has 0 aliphatic rings. The Labute approximate surface area is 75.4 Å². The summed E-state index contributed by atoms with van der Waals surface area (Å²) in [6.07, 6.45) is 0.334. The Morgan fingerprint density at radius 2 is 2.31 bits per heavy atom. The summed E-state index contributed by atoms with van der Waals surface area (Å²) in [6.45, 7) is -0.478. The summed E-state index contributed by atoms with van der Waals surface area (Å²) in [6, 6.07) is 4.70. The standard InChI is InChI=1S/C8H11NO4/c10-5-7(11)6-13-8-3-1-2-4-9(8)12/h1-4,7,10-11H,5-6H2. The summed E-state index contributed by atoms with van der Waals surface area (Å²) >= 11 is 0. The summed E-state index contributed by atoms with van der Waals surface area (Å²) in [5.74, 6) is 0.106. The van der Waals surface area contributed by atoms with Gasteiger partial charge < -0.3 is 20.2 Å². The van der Waals surface area contributed by atoms with Crippen LogP contribution < -0.4 is 9.47 Å². The lowest BCUT2D eigenvalue weighted by Gasteiger charge is -2.08. The highest BCUT2D eigenvalue weighted by molar-refractivity contribution is 5.02. The van der Waals surface area contributed by atoms with Gasteiger partial charge in [-0.2, -0.15) is 0 Å². The van der Waals surface area contributed by atoms with Crippen LogP contribution in [0.25, 0.3) is 0 Å². The first-order valence-corrected chi connectivity index (χ1v) is 3.84. The highest BCUT2D eigenvalue weighted by Crippen LogP contribution is 2.00. The van der Waals surface area contributed by atoms with Crippen molar-refractivity contribution in [3.05, 3.63) is 29.6 Å². The average molecular weight is 185 g/mol. The molecule has 0 fully saturated rings. The second kappa shape index (κ2) is 4.64. The smallest absolute Gasteiger partial charge is 0.379 e. The number of aliphatic hydroxyl groups is 2. The fourth-order valence-corrected chi connectivity index (χ4v) is 0.759. The van der Waals surface area contributed by atoms with Crippen molar-refractivity contribution >= 4 is 0 Å². The van der Waals surface area contributed by atoms with E-state index in [1.807, 2.05) is 0 Å². The van der Waals surface area contributed by atoms with Crippen molar-refractivity contribution in [3.8, 4) is 5.88 Å². The Balaban J connectivity index is 2.50. The quantitative estimate of drug-likeness (QED) is 0.468. The third kappa shape index (κ3) is 2.89. The number of aliphatic hydroxyl groups excluding tert-OH is 2. The lowest BCUT2D eigenvalue weighted by molar-refractivity contribution is -0.613. The normalized spacial score (nSPS) is 12.5. The van der Waals surface area contributed by atoms with Crippen molar-refractivity contribution < 1.29 is 19.7 Å². The van der Waals surface area contributed by atoms with Gasteiger partial charge in [-0.3, -0.25) is 0 Å². The molecular weight excluding hydrogens is 174 g/mol. The molecule has 0 aromatic carbocycles. The molecule has 2 N–H and O–H groups in total.